The van der Waals surface area contributed by atoms with Crippen LogP contribution in [0.5, 0.6) is 0 Å². The molecule has 0 saturated heterocycles. The van der Waals surface area contributed by atoms with E-state index in [0.29, 0.717) is 23.0 Å². The Balaban J connectivity index is 2.04. The van der Waals surface area contributed by atoms with E-state index in [0.717, 1.165) is 24.0 Å². The van der Waals surface area contributed by atoms with Gasteiger partial charge in [-0.15, -0.1) is 0 Å². The van der Waals surface area contributed by atoms with Crippen LogP contribution in [0.1, 0.15) is 49.9 Å². The lowest BCUT2D eigenvalue weighted by Crippen LogP contribution is -2.45. The molecule has 34 heavy (non-hydrogen) atoms. The number of aliphatic hydroxyl groups excluding tert-OH is 6. The molecule has 2 rings (SSSR count). The van der Waals surface area contributed by atoms with E-state index in [-0.39, 0.29) is 0 Å². The van der Waals surface area contributed by atoms with Crippen LogP contribution in [0.15, 0.2) is 60.0 Å². The van der Waals surface area contributed by atoms with Crippen LogP contribution in [0.2, 0.25) is 0 Å². The fourth-order valence-electron chi connectivity index (χ4n) is 3.68. The second-order valence-corrected chi connectivity index (χ2v) is 9.69. The Hall–Kier alpha value is -2.64. The number of hydrogen-bond acceptors (Lipinski definition) is 6. The van der Waals surface area contributed by atoms with Crippen LogP contribution in [0, 0.1) is 11.8 Å². The van der Waals surface area contributed by atoms with Crippen LogP contribution in [0.3, 0.4) is 0 Å². The maximum Gasteiger partial charge on any atom is 0.139 e. The van der Waals surface area contributed by atoms with E-state index < -0.39 is 35.9 Å². The average Bonchev–Trinajstić information content (AvgIpc) is 2.78. The summed E-state index contributed by atoms with van der Waals surface area (Å²) in [6.07, 6.45) is -3.20. The summed E-state index contributed by atoms with van der Waals surface area (Å²) in [7, 11) is 0. The minimum Gasteiger partial charge on any atom is -0.509 e. The first-order valence-electron chi connectivity index (χ1n) is 11.7. The normalized spacial score (nSPS) is 16.5. The van der Waals surface area contributed by atoms with Gasteiger partial charge in [0.1, 0.15) is 35.9 Å². The van der Waals surface area contributed by atoms with Gasteiger partial charge in [0.15, 0.2) is 0 Å². The topological polar surface area (TPSA) is 121 Å². The van der Waals surface area contributed by atoms with Crippen molar-refractivity contribution in [2.24, 2.45) is 11.8 Å². The van der Waals surface area contributed by atoms with Gasteiger partial charge in [0.05, 0.1) is 0 Å². The number of benzene rings is 2. The molecule has 0 heterocycles. The maximum atomic E-state index is 10.3. The van der Waals surface area contributed by atoms with Crippen LogP contribution in [0.25, 0.3) is 12.2 Å². The lowest BCUT2D eigenvalue weighted by atomic mass is 9.97. The largest absolute Gasteiger partial charge is 0.509 e. The Kier molecular flexibility index (Phi) is 10.3. The average molecular weight is 471 g/mol. The van der Waals surface area contributed by atoms with E-state index >= 15 is 0 Å². The predicted octanol–water partition coefficient (Wildman–Crippen LogP) is 4.03. The second-order valence-electron chi connectivity index (χ2n) is 9.69. The van der Waals surface area contributed by atoms with Gasteiger partial charge in [-0.1, -0.05) is 76.2 Å². The predicted molar refractivity (Wildman–Crippen MR) is 135 cm³/mol. The van der Waals surface area contributed by atoms with E-state index in [1.165, 1.54) is 12.2 Å². The van der Waals surface area contributed by atoms with Gasteiger partial charge in [0.2, 0.25) is 0 Å². The van der Waals surface area contributed by atoms with Gasteiger partial charge in [0.25, 0.3) is 0 Å². The van der Waals surface area contributed by atoms with Crippen molar-refractivity contribution in [1.82, 2.24) is 0 Å². The Bertz CT molecular complexity index is 864. The third-order valence-corrected chi connectivity index (χ3v) is 5.48. The molecule has 0 saturated carbocycles. The summed E-state index contributed by atoms with van der Waals surface area (Å²) in [4.78, 5) is 0. The molecule has 0 radical (unpaired) electrons. The second kappa shape index (κ2) is 12.7. The Morgan fingerprint density at radius 2 is 0.882 bits per heavy atom. The monoisotopic (exact) mass is 470 g/mol. The van der Waals surface area contributed by atoms with Gasteiger partial charge in [-0.3, -0.25) is 0 Å². The van der Waals surface area contributed by atoms with Crippen LogP contribution in [-0.4, -0.2) is 55.1 Å². The summed E-state index contributed by atoms with van der Waals surface area (Å²) in [5.41, 5.74) is 3.50. The van der Waals surface area contributed by atoms with Crippen molar-refractivity contribution in [2.75, 3.05) is 0 Å². The summed E-state index contributed by atoms with van der Waals surface area (Å²) >= 11 is 0. The summed E-state index contributed by atoms with van der Waals surface area (Å²) < 4.78 is 0. The highest BCUT2D eigenvalue weighted by molar-refractivity contribution is 5.53. The van der Waals surface area contributed by atoms with Crippen molar-refractivity contribution < 1.29 is 30.6 Å². The van der Waals surface area contributed by atoms with E-state index in [1.54, 1.807) is 24.3 Å². The zero-order valence-corrected chi connectivity index (χ0v) is 20.3. The molecule has 0 aromatic heterocycles. The number of hydrogen-bond donors (Lipinski definition) is 6. The molecule has 2 aromatic carbocycles. The molecule has 186 valence electrons. The number of rotatable bonds is 11. The van der Waals surface area contributed by atoms with E-state index in [2.05, 4.69) is 27.7 Å². The molecule has 2 aromatic rings. The van der Waals surface area contributed by atoms with Gasteiger partial charge in [-0.05, 0) is 59.1 Å². The summed E-state index contributed by atoms with van der Waals surface area (Å²) in [6.45, 7) is 8.47. The van der Waals surface area contributed by atoms with Crippen molar-refractivity contribution in [3.8, 4) is 0 Å². The molecule has 0 amide bonds. The summed E-state index contributed by atoms with van der Waals surface area (Å²) in [5.74, 6) is -0.122. The molecule has 0 aliphatic carbocycles. The van der Waals surface area contributed by atoms with Gasteiger partial charge >= 0.3 is 0 Å². The van der Waals surface area contributed by atoms with Gasteiger partial charge in [-0.25, -0.2) is 0 Å². The molecular formula is C28H38O6. The molecule has 6 nitrogen and oxygen atoms in total. The SMILES string of the molecule is CC(C)Cc1ccc(C=C(O)[C@@H](O)[C@@H](O)[C@H](O)[C@@H](O)C(O)=Cc2ccc(CC(C)C)cc2)cc1. The lowest BCUT2D eigenvalue weighted by Gasteiger charge is -2.26. The quantitative estimate of drug-likeness (QED) is 0.276. The van der Waals surface area contributed by atoms with Crippen LogP contribution < -0.4 is 0 Å². The minimum atomic E-state index is -1.93. The first-order valence-corrected chi connectivity index (χ1v) is 11.7. The third-order valence-electron chi connectivity index (χ3n) is 5.48. The van der Waals surface area contributed by atoms with Crippen molar-refractivity contribution in [1.29, 1.82) is 0 Å². The van der Waals surface area contributed by atoms with Crippen LogP contribution in [0.4, 0.5) is 0 Å². The first kappa shape index (κ1) is 27.6. The zero-order valence-electron chi connectivity index (χ0n) is 20.3. The first-order chi connectivity index (χ1) is 16.0. The Morgan fingerprint density at radius 3 is 1.15 bits per heavy atom. The van der Waals surface area contributed by atoms with E-state index in [4.69, 9.17) is 0 Å². The van der Waals surface area contributed by atoms with Crippen molar-refractivity contribution in [3.63, 3.8) is 0 Å². The van der Waals surface area contributed by atoms with Crippen molar-refractivity contribution in [3.05, 3.63) is 82.3 Å². The van der Waals surface area contributed by atoms with Crippen molar-refractivity contribution in [2.45, 2.75) is 65.0 Å². The summed E-state index contributed by atoms with van der Waals surface area (Å²) in [6, 6.07) is 14.8. The van der Waals surface area contributed by atoms with E-state index in [1.807, 2.05) is 24.3 Å². The highest BCUT2D eigenvalue weighted by atomic mass is 16.4. The molecule has 0 fully saturated rings. The standard InChI is InChI=1S/C28H38O6/c1-17(2)13-19-5-9-21(10-6-19)15-23(29)25(31)27(33)28(34)26(32)24(30)16-22-11-7-20(8-12-22)14-18(3)4/h5-12,15-18,25-34H,13-14H2,1-4H3/t25-,26+,27-,28-/m1/s1. The maximum absolute atomic E-state index is 10.3. The fraction of sp³-hybridized carbons (Fsp3) is 0.429. The highest BCUT2D eigenvalue weighted by Gasteiger charge is 2.34. The third kappa shape index (κ3) is 8.29. The smallest absolute Gasteiger partial charge is 0.139 e. The molecular weight excluding hydrogens is 432 g/mol. The molecule has 0 unspecified atom stereocenters. The minimum absolute atomic E-state index is 0.509. The molecule has 4 atom stereocenters. The Morgan fingerprint density at radius 1 is 0.588 bits per heavy atom. The number of aliphatic hydroxyl groups is 6. The molecule has 0 bridgehead atoms. The zero-order chi connectivity index (χ0) is 25.4. The molecule has 0 aliphatic heterocycles. The van der Waals surface area contributed by atoms with Gasteiger partial charge in [0, 0.05) is 0 Å². The van der Waals surface area contributed by atoms with Gasteiger partial charge in [-0.2, -0.15) is 0 Å². The summed E-state index contributed by atoms with van der Waals surface area (Å²) in [5, 5.41) is 61.6. The Labute approximate surface area is 202 Å². The van der Waals surface area contributed by atoms with E-state index in [9.17, 15) is 30.6 Å². The molecule has 6 heteroatoms. The highest BCUT2D eigenvalue weighted by Crippen LogP contribution is 2.19. The fourth-order valence-corrected chi connectivity index (χ4v) is 3.68. The van der Waals surface area contributed by atoms with Gasteiger partial charge < -0.3 is 30.6 Å². The van der Waals surface area contributed by atoms with Crippen LogP contribution >= 0.6 is 0 Å². The molecule has 0 spiro atoms. The molecule has 6 N–H and O–H groups in total. The molecule has 0 aliphatic rings. The van der Waals surface area contributed by atoms with Crippen molar-refractivity contribution >= 4 is 12.2 Å². The lowest BCUT2D eigenvalue weighted by molar-refractivity contribution is -0.0996. The van der Waals surface area contributed by atoms with Crippen LogP contribution in [-0.2, 0) is 12.8 Å².